The number of alkyl halides is 3. The van der Waals surface area contributed by atoms with E-state index in [4.69, 9.17) is 15.0 Å². The second-order valence-corrected chi connectivity index (χ2v) is 8.84. The predicted molar refractivity (Wildman–Crippen MR) is 133 cm³/mol. The van der Waals surface area contributed by atoms with Crippen molar-refractivity contribution >= 4 is 34.6 Å². The van der Waals surface area contributed by atoms with E-state index in [1.807, 2.05) is 12.1 Å². The number of nitrogens with zero attached hydrogens (tertiary/aromatic N) is 1. The number of ketones is 1. The summed E-state index contributed by atoms with van der Waals surface area (Å²) in [5.41, 5.74) is 1.96. The number of aromatic nitrogens is 2. The van der Waals surface area contributed by atoms with Crippen molar-refractivity contribution in [2.45, 2.75) is 31.9 Å². The Kier molecular flexibility index (Phi) is 7.65. The Morgan fingerprint density at radius 2 is 1.55 bits per heavy atom. The van der Waals surface area contributed by atoms with E-state index < -0.39 is 23.7 Å². The van der Waals surface area contributed by atoms with Crippen molar-refractivity contribution < 1.29 is 37.4 Å². The van der Waals surface area contributed by atoms with Crippen LogP contribution in [-0.2, 0) is 6.18 Å². The highest BCUT2D eigenvalue weighted by Crippen LogP contribution is 2.32. The largest absolute Gasteiger partial charge is 0.503 e. The number of carbonyl (C=O) groups excluding carboxylic acids is 1. The minimum absolute atomic E-state index is 0.104. The molecule has 38 heavy (non-hydrogen) atoms. The number of Topliss-reactive ketones (excluding diaryl/α,β-unsaturated/α-hetero) is 1. The number of H-pyrrole nitrogens is 1. The van der Waals surface area contributed by atoms with Crippen LogP contribution < -0.4 is 5.32 Å². The second kappa shape index (κ2) is 10.9. The van der Waals surface area contributed by atoms with Crippen LogP contribution in [0, 0.1) is 11.7 Å². The summed E-state index contributed by atoms with van der Waals surface area (Å²) < 4.78 is 53.6. The normalized spacial score (nSPS) is 13.7. The summed E-state index contributed by atoms with van der Waals surface area (Å²) in [6, 6.07) is 15.0. The molecule has 1 heterocycles. The third-order valence-electron chi connectivity index (χ3n) is 6.26. The van der Waals surface area contributed by atoms with Crippen molar-refractivity contribution in [3.63, 3.8) is 0 Å². The number of anilines is 2. The van der Waals surface area contributed by atoms with Gasteiger partial charge in [-0.1, -0.05) is 43.2 Å². The van der Waals surface area contributed by atoms with Gasteiger partial charge in [0.1, 0.15) is 5.82 Å². The molecule has 4 aromatic rings. The predicted octanol–water partition coefficient (Wildman–Crippen LogP) is 7.73. The maximum atomic E-state index is 14.8. The maximum absolute atomic E-state index is 14.8. The number of hydrogen-bond donors (Lipinski definition) is 4. The fourth-order valence-electron chi connectivity index (χ4n) is 4.42. The first-order valence-electron chi connectivity index (χ1n) is 11.7. The van der Waals surface area contributed by atoms with Gasteiger partial charge in [-0.2, -0.15) is 13.2 Å². The van der Waals surface area contributed by atoms with Gasteiger partial charge in [-0.3, -0.25) is 4.79 Å². The Morgan fingerprint density at radius 3 is 2.16 bits per heavy atom. The summed E-state index contributed by atoms with van der Waals surface area (Å²) in [6.07, 6.45) is -2.23. The van der Waals surface area contributed by atoms with Gasteiger partial charge in [0.15, 0.2) is 5.78 Å². The van der Waals surface area contributed by atoms with E-state index in [1.54, 1.807) is 18.2 Å². The minimum atomic E-state index is -4.46. The molecule has 0 radical (unpaired) electrons. The van der Waals surface area contributed by atoms with E-state index >= 15 is 0 Å². The van der Waals surface area contributed by atoms with Gasteiger partial charge in [0.2, 0.25) is 5.95 Å². The fourth-order valence-corrected chi connectivity index (χ4v) is 4.42. The van der Waals surface area contributed by atoms with Gasteiger partial charge in [0.25, 0.3) is 0 Å². The number of nitrogens with one attached hydrogen (secondary N) is 2. The average Bonchev–Trinajstić information content (AvgIpc) is 3.53. The van der Waals surface area contributed by atoms with Crippen LogP contribution in [-0.4, -0.2) is 32.1 Å². The molecule has 0 amide bonds. The topological polar surface area (TPSA) is 115 Å². The summed E-state index contributed by atoms with van der Waals surface area (Å²) in [5, 5.41) is 16.7. The van der Waals surface area contributed by atoms with Gasteiger partial charge in [0.05, 0.1) is 22.3 Å². The molecule has 1 aliphatic carbocycles. The van der Waals surface area contributed by atoms with Crippen LogP contribution in [0.2, 0.25) is 0 Å². The highest BCUT2D eigenvalue weighted by Gasteiger charge is 2.30. The van der Waals surface area contributed by atoms with Crippen LogP contribution in [0.15, 0.2) is 60.7 Å². The smallest absolute Gasteiger partial charge is 0.450 e. The second-order valence-electron chi connectivity index (χ2n) is 8.84. The Balaban J connectivity index is 0.000000786. The summed E-state index contributed by atoms with van der Waals surface area (Å²) in [4.78, 5) is 28.1. The molecule has 5 rings (SSSR count). The minimum Gasteiger partial charge on any atom is -0.450 e. The molecule has 1 aliphatic rings. The SMILES string of the molecule is O=C(O)O.O=C(c1ccc(-c2ccc(Nc3nc4ccc(C(F)(F)F)cc4[nH]3)c(F)c2)cc1)C1CCCC1. The average molecular weight is 529 g/mol. The fraction of sp³-hybridized carbons (Fsp3) is 0.222. The number of hydrogen-bond acceptors (Lipinski definition) is 4. The van der Waals surface area contributed by atoms with Crippen LogP contribution in [0.1, 0.15) is 41.6 Å². The Bertz CT molecular complexity index is 1460. The highest BCUT2D eigenvalue weighted by atomic mass is 19.4. The lowest BCUT2D eigenvalue weighted by molar-refractivity contribution is -0.137. The molecule has 0 atom stereocenters. The van der Waals surface area contributed by atoms with Crippen molar-refractivity contribution in [1.29, 1.82) is 0 Å². The molecule has 0 unspecified atom stereocenters. The van der Waals surface area contributed by atoms with Crippen molar-refractivity contribution in [1.82, 2.24) is 9.97 Å². The first kappa shape index (κ1) is 26.6. The molecule has 4 N–H and O–H groups in total. The van der Waals surface area contributed by atoms with Gasteiger partial charge in [-0.25, -0.2) is 14.2 Å². The summed E-state index contributed by atoms with van der Waals surface area (Å²) in [5.74, 6) is -0.134. The third kappa shape index (κ3) is 6.28. The van der Waals surface area contributed by atoms with Crippen LogP contribution >= 0.6 is 0 Å². The first-order chi connectivity index (χ1) is 18.0. The van der Waals surface area contributed by atoms with Crippen molar-refractivity contribution in [3.8, 4) is 11.1 Å². The summed E-state index contributed by atoms with van der Waals surface area (Å²) >= 11 is 0. The van der Waals surface area contributed by atoms with Crippen LogP contribution in [0.5, 0.6) is 0 Å². The highest BCUT2D eigenvalue weighted by molar-refractivity contribution is 5.98. The molecule has 0 spiro atoms. The van der Waals surface area contributed by atoms with E-state index in [0.29, 0.717) is 16.6 Å². The zero-order chi connectivity index (χ0) is 27.4. The molecular weight excluding hydrogens is 506 g/mol. The number of carbonyl (C=O) groups is 2. The van der Waals surface area contributed by atoms with E-state index in [1.165, 1.54) is 18.2 Å². The number of benzene rings is 3. The summed E-state index contributed by atoms with van der Waals surface area (Å²) in [7, 11) is 0. The molecule has 1 fully saturated rings. The molecule has 3 aromatic carbocycles. The molecule has 1 aromatic heterocycles. The Morgan fingerprint density at radius 1 is 0.921 bits per heavy atom. The van der Waals surface area contributed by atoms with Gasteiger partial charge in [-0.15, -0.1) is 0 Å². The lowest BCUT2D eigenvalue weighted by Gasteiger charge is -2.10. The monoisotopic (exact) mass is 529 g/mol. The lowest BCUT2D eigenvalue weighted by atomic mass is 9.94. The quantitative estimate of drug-likeness (QED) is 0.155. The van der Waals surface area contributed by atoms with Crippen LogP contribution in [0.25, 0.3) is 22.2 Å². The molecule has 198 valence electrons. The molecule has 11 heteroatoms. The lowest BCUT2D eigenvalue weighted by Crippen LogP contribution is -2.10. The van der Waals surface area contributed by atoms with E-state index in [0.717, 1.165) is 43.4 Å². The third-order valence-corrected chi connectivity index (χ3v) is 6.26. The first-order valence-corrected chi connectivity index (χ1v) is 11.7. The number of aromatic amines is 1. The number of imidazole rings is 1. The van der Waals surface area contributed by atoms with Gasteiger partial charge < -0.3 is 20.5 Å². The van der Waals surface area contributed by atoms with Gasteiger partial charge in [-0.05, 0) is 54.3 Å². The Labute approximate surface area is 214 Å². The number of rotatable bonds is 5. The number of carboxylic acid groups (broad SMARTS) is 2. The van der Waals surface area contributed by atoms with Crippen LogP contribution in [0.3, 0.4) is 0 Å². The standard InChI is InChI=1S/C26H21F4N3O.CH2O3/c27-20-13-18(15-5-7-17(8-6-15)24(34)16-3-1-2-4-16)9-11-21(20)31-25-32-22-12-10-19(26(28,29)30)14-23(22)33-25;2-1(3)4/h5-14,16H,1-4H2,(H2,31,32,33);(H2,2,3,4). The number of fused-ring (bicyclic) bond motifs is 1. The molecule has 0 aliphatic heterocycles. The summed E-state index contributed by atoms with van der Waals surface area (Å²) in [6.45, 7) is 0. The van der Waals surface area contributed by atoms with Crippen molar-refractivity contribution in [3.05, 3.63) is 77.6 Å². The molecule has 0 saturated heterocycles. The number of halogens is 4. The zero-order valence-corrected chi connectivity index (χ0v) is 19.8. The van der Waals surface area contributed by atoms with E-state index in [9.17, 15) is 22.4 Å². The van der Waals surface area contributed by atoms with Gasteiger partial charge in [0, 0.05) is 11.5 Å². The molecule has 0 bridgehead atoms. The van der Waals surface area contributed by atoms with Crippen molar-refractivity contribution in [2.24, 2.45) is 5.92 Å². The Hall–Kier alpha value is -4.41. The molecular formula is C27H23F4N3O4. The zero-order valence-electron chi connectivity index (χ0n) is 19.8. The van der Waals surface area contributed by atoms with E-state index in [2.05, 4.69) is 15.3 Å². The maximum Gasteiger partial charge on any atom is 0.503 e. The molecule has 7 nitrogen and oxygen atoms in total. The van der Waals surface area contributed by atoms with E-state index in [-0.39, 0.29) is 28.9 Å². The van der Waals surface area contributed by atoms with Crippen LogP contribution in [0.4, 0.5) is 34.0 Å². The van der Waals surface area contributed by atoms with Gasteiger partial charge >= 0.3 is 12.3 Å². The van der Waals surface area contributed by atoms with Crippen molar-refractivity contribution in [2.75, 3.05) is 5.32 Å². The molecule has 1 saturated carbocycles.